The summed E-state index contributed by atoms with van der Waals surface area (Å²) in [5.41, 5.74) is 3.10. The zero-order chi connectivity index (χ0) is 12.3. The van der Waals surface area contributed by atoms with E-state index >= 15 is 0 Å². The predicted molar refractivity (Wildman–Crippen MR) is 74.3 cm³/mol. The second-order valence-corrected chi connectivity index (χ2v) is 5.34. The molecule has 1 aromatic carbocycles. The van der Waals surface area contributed by atoms with Gasteiger partial charge in [0.05, 0.1) is 0 Å². The van der Waals surface area contributed by atoms with E-state index in [1.807, 2.05) is 0 Å². The summed E-state index contributed by atoms with van der Waals surface area (Å²) >= 11 is 0. The van der Waals surface area contributed by atoms with Crippen LogP contribution < -0.4 is 5.32 Å². The SMILES string of the molecule is CCC(CC)NC1CCC(C)c2ccccc21. The lowest BCUT2D eigenvalue weighted by Gasteiger charge is -2.33. The van der Waals surface area contributed by atoms with Gasteiger partial charge in [-0.1, -0.05) is 45.0 Å². The molecule has 17 heavy (non-hydrogen) atoms. The normalized spacial score (nSPS) is 23.8. The number of benzene rings is 1. The molecule has 0 aromatic heterocycles. The number of hydrogen-bond donors (Lipinski definition) is 1. The molecule has 1 aliphatic rings. The molecule has 2 atom stereocenters. The van der Waals surface area contributed by atoms with Crippen molar-refractivity contribution in [3.05, 3.63) is 35.4 Å². The molecule has 94 valence electrons. The highest BCUT2D eigenvalue weighted by molar-refractivity contribution is 5.34. The Kier molecular flexibility index (Phi) is 4.22. The maximum Gasteiger partial charge on any atom is 0.0325 e. The lowest BCUT2D eigenvalue weighted by Crippen LogP contribution is -2.34. The molecular weight excluding hydrogens is 206 g/mol. The van der Waals surface area contributed by atoms with Gasteiger partial charge in [-0.3, -0.25) is 0 Å². The fourth-order valence-corrected chi connectivity index (χ4v) is 2.99. The topological polar surface area (TPSA) is 12.0 Å². The van der Waals surface area contributed by atoms with E-state index < -0.39 is 0 Å². The maximum absolute atomic E-state index is 3.83. The predicted octanol–water partition coefficient (Wildman–Crippen LogP) is 4.40. The first kappa shape index (κ1) is 12.6. The highest BCUT2D eigenvalue weighted by atomic mass is 14.9. The molecule has 1 N–H and O–H groups in total. The zero-order valence-electron chi connectivity index (χ0n) is 11.4. The highest BCUT2D eigenvalue weighted by Gasteiger charge is 2.25. The maximum atomic E-state index is 3.83. The Labute approximate surface area is 106 Å². The molecule has 0 saturated carbocycles. The molecule has 2 unspecified atom stereocenters. The third kappa shape index (κ3) is 2.71. The molecule has 0 radical (unpaired) electrons. The van der Waals surface area contributed by atoms with Crippen LogP contribution >= 0.6 is 0 Å². The van der Waals surface area contributed by atoms with Crippen molar-refractivity contribution in [3.63, 3.8) is 0 Å². The molecule has 2 rings (SSSR count). The second kappa shape index (κ2) is 5.68. The average Bonchev–Trinajstić information content (AvgIpc) is 2.38. The van der Waals surface area contributed by atoms with Gasteiger partial charge in [-0.15, -0.1) is 0 Å². The van der Waals surface area contributed by atoms with Gasteiger partial charge in [-0.05, 0) is 42.7 Å². The number of fused-ring (bicyclic) bond motifs is 1. The second-order valence-electron chi connectivity index (χ2n) is 5.34. The van der Waals surface area contributed by atoms with Crippen LogP contribution in [0, 0.1) is 0 Å². The molecule has 0 aliphatic heterocycles. The van der Waals surface area contributed by atoms with Crippen molar-refractivity contribution in [2.45, 2.75) is 64.5 Å². The third-order valence-corrected chi connectivity index (χ3v) is 4.21. The van der Waals surface area contributed by atoms with E-state index in [1.165, 1.54) is 31.2 Å². The third-order valence-electron chi connectivity index (χ3n) is 4.21. The summed E-state index contributed by atoms with van der Waals surface area (Å²) in [6.45, 7) is 6.91. The van der Waals surface area contributed by atoms with Crippen LogP contribution in [0.3, 0.4) is 0 Å². The van der Waals surface area contributed by atoms with Crippen LogP contribution in [0.15, 0.2) is 24.3 Å². The Morgan fingerprint density at radius 2 is 1.76 bits per heavy atom. The summed E-state index contributed by atoms with van der Waals surface area (Å²) in [6, 6.07) is 10.2. The molecule has 1 nitrogen and oxygen atoms in total. The molecule has 1 aromatic rings. The van der Waals surface area contributed by atoms with Crippen LogP contribution in [0.25, 0.3) is 0 Å². The molecule has 0 amide bonds. The smallest absolute Gasteiger partial charge is 0.0325 e. The molecular formula is C16H25N. The van der Waals surface area contributed by atoms with Crippen molar-refractivity contribution < 1.29 is 0 Å². The summed E-state index contributed by atoms with van der Waals surface area (Å²) < 4.78 is 0. The summed E-state index contributed by atoms with van der Waals surface area (Å²) in [7, 11) is 0. The Bertz CT molecular complexity index is 354. The zero-order valence-corrected chi connectivity index (χ0v) is 11.4. The quantitative estimate of drug-likeness (QED) is 0.809. The van der Waals surface area contributed by atoms with E-state index in [1.54, 1.807) is 5.56 Å². The van der Waals surface area contributed by atoms with Gasteiger partial charge in [0, 0.05) is 12.1 Å². The van der Waals surface area contributed by atoms with Gasteiger partial charge in [0.15, 0.2) is 0 Å². The highest BCUT2D eigenvalue weighted by Crippen LogP contribution is 2.37. The lowest BCUT2D eigenvalue weighted by molar-refractivity contribution is 0.366. The summed E-state index contributed by atoms with van der Waals surface area (Å²) in [6.07, 6.45) is 5.05. The lowest BCUT2D eigenvalue weighted by atomic mass is 9.80. The minimum Gasteiger partial charge on any atom is -0.307 e. The molecule has 0 fully saturated rings. The van der Waals surface area contributed by atoms with Gasteiger partial charge in [0.1, 0.15) is 0 Å². The van der Waals surface area contributed by atoms with Crippen LogP contribution in [0.2, 0.25) is 0 Å². The van der Waals surface area contributed by atoms with Crippen LogP contribution in [0.5, 0.6) is 0 Å². The first-order valence-corrected chi connectivity index (χ1v) is 7.11. The molecule has 0 spiro atoms. The van der Waals surface area contributed by atoms with E-state index in [-0.39, 0.29) is 0 Å². The first-order chi connectivity index (χ1) is 8.26. The van der Waals surface area contributed by atoms with Crippen molar-refractivity contribution in [1.29, 1.82) is 0 Å². The minimum absolute atomic E-state index is 0.576. The molecule has 1 heteroatoms. The standard InChI is InChI=1S/C16H25N/c1-4-13(5-2)17-16-11-10-12(3)14-8-6-7-9-15(14)16/h6-9,12-13,16-17H,4-5,10-11H2,1-3H3. The van der Waals surface area contributed by atoms with Crippen molar-refractivity contribution in [2.24, 2.45) is 0 Å². The first-order valence-electron chi connectivity index (χ1n) is 7.11. The molecule has 1 aliphatic carbocycles. The minimum atomic E-state index is 0.576. The summed E-state index contributed by atoms with van der Waals surface area (Å²) in [5.74, 6) is 0.728. The van der Waals surface area contributed by atoms with Crippen LogP contribution in [0.1, 0.15) is 69.5 Å². The van der Waals surface area contributed by atoms with Gasteiger partial charge < -0.3 is 5.32 Å². The van der Waals surface area contributed by atoms with Gasteiger partial charge in [-0.25, -0.2) is 0 Å². The van der Waals surface area contributed by atoms with Crippen LogP contribution in [-0.4, -0.2) is 6.04 Å². The average molecular weight is 231 g/mol. The number of rotatable bonds is 4. The Balaban J connectivity index is 2.18. The van der Waals surface area contributed by atoms with Crippen LogP contribution in [-0.2, 0) is 0 Å². The van der Waals surface area contributed by atoms with E-state index in [0.717, 1.165) is 5.92 Å². The Morgan fingerprint density at radius 3 is 2.41 bits per heavy atom. The van der Waals surface area contributed by atoms with Crippen molar-refractivity contribution >= 4 is 0 Å². The van der Waals surface area contributed by atoms with E-state index in [9.17, 15) is 0 Å². The van der Waals surface area contributed by atoms with E-state index in [0.29, 0.717) is 12.1 Å². The number of hydrogen-bond acceptors (Lipinski definition) is 1. The fraction of sp³-hybridized carbons (Fsp3) is 0.625. The van der Waals surface area contributed by atoms with Crippen molar-refractivity contribution in [3.8, 4) is 0 Å². The van der Waals surface area contributed by atoms with Gasteiger partial charge in [0.25, 0.3) is 0 Å². The largest absolute Gasteiger partial charge is 0.307 e. The molecule has 0 bridgehead atoms. The fourth-order valence-electron chi connectivity index (χ4n) is 2.99. The van der Waals surface area contributed by atoms with E-state index in [4.69, 9.17) is 0 Å². The van der Waals surface area contributed by atoms with Gasteiger partial charge in [-0.2, -0.15) is 0 Å². The van der Waals surface area contributed by atoms with Crippen LogP contribution in [0.4, 0.5) is 0 Å². The summed E-state index contributed by atoms with van der Waals surface area (Å²) in [5, 5.41) is 3.83. The monoisotopic (exact) mass is 231 g/mol. The molecule has 0 saturated heterocycles. The van der Waals surface area contributed by atoms with E-state index in [2.05, 4.69) is 50.4 Å². The van der Waals surface area contributed by atoms with Crippen molar-refractivity contribution in [1.82, 2.24) is 5.32 Å². The van der Waals surface area contributed by atoms with Gasteiger partial charge >= 0.3 is 0 Å². The Hall–Kier alpha value is -0.820. The number of nitrogens with one attached hydrogen (secondary N) is 1. The summed E-state index contributed by atoms with van der Waals surface area (Å²) in [4.78, 5) is 0. The molecule has 0 heterocycles. The van der Waals surface area contributed by atoms with Gasteiger partial charge in [0.2, 0.25) is 0 Å². The van der Waals surface area contributed by atoms with Crippen molar-refractivity contribution in [2.75, 3.05) is 0 Å². The Morgan fingerprint density at radius 1 is 1.12 bits per heavy atom.